The Labute approximate surface area is 102 Å². The zero-order valence-electron chi connectivity index (χ0n) is 10.1. The largest absolute Gasteiger partial charge is 0.344 e. The Balaban J connectivity index is 2.50. The molecule has 0 saturated heterocycles. The van der Waals surface area contributed by atoms with Crippen LogP contribution in [-0.4, -0.2) is 13.3 Å². The van der Waals surface area contributed by atoms with E-state index in [9.17, 15) is 4.79 Å². The van der Waals surface area contributed by atoms with E-state index in [4.69, 9.17) is 0 Å². The predicted octanol–water partition coefficient (Wildman–Crippen LogP) is 3.58. The minimum Gasteiger partial charge on any atom is -0.344 e. The number of aryl methyl sites for hydroxylation is 1. The fourth-order valence-electron chi connectivity index (χ4n) is 2.02. The molecule has 0 aliphatic heterocycles. The van der Waals surface area contributed by atoms with Crippen molar-refractivity contribution in [3.8, 4) is 0 Å². The predicted molar refractivity (Wildman–Crippen MR) is 71.1 cm³/mol. The van der Waals surface area contributed by atoms with Gasteiger partial charge in [-0.15, -0.1) is 0 Å². The van der Waals surface area contributed by atoms with E-state index < -0.39 is 0 Å². The highest BCUT2D eigenvalue weighted by Crippen LogP contribution is 2.29. The van der Waals surface area contributed by atoms with Crippen LogP contribution in [-0.2, 0) is 0 Å². The first kappa shape index (κ1) is 11.4. The number of carbonyl (C=O) groups excluding carboxylic acids is 1. The molecule has 17 heavy (non-hydrogen) atoms. The van der Waals surface area contributed by atoms with E-state index in [1.807, 2.05) is 67.4 Å². The van der Waals surface area contributed by atoms with Gasteiger partial charge in [-0.3, -0.25) is 4.79 Å². The van der Waals surface area contributed by atoms with Crippen molar-refractivity contribution in [2.24, 2.45) is 0 Å². The quantitative estimate of drug-likeness (QED) is 0.744. The second-order valence-electron chi connectivity index (χ2n) is 4.03. The molecule has 0 saturated carbocycles. The number of para-hydroxylation sites is 2. The minimum absolute atomic E-state index is 0.719. The second-order valence-corrected chi connectivity index (χ2v) is 4.03. The fraction of sp³-hybridized carbons (Fsp3) is 0.133. The third-order valence-corrected chi connectivity index (χ3v) is 2.87. The molecule has 0 amide bonds. The number of rotatable bonds is 3. The van der Waals surface area contributed by atoms with Gasteiger partial charge in [0.2, 0.25) is 0 Å². The van der Waals surface area contributed by atoms with E-state index in [1.165, 1.54) is 0 Å². The standard InChI is InChI=1S/C15H15NO/c1-12-7-6-8-13(11-17)15(12)16(2)14-9-4-3-5-10-14/h3-11H,1-2H3. The van der Waals surface area contributed by atoms with Gasteiger partial charge in [0, 0.05) is 18.3 Å². The van der Waals surface area contributed by atoms with E-state index >= 15 is 0 Å². The molecule has 0 radical (unpaired) electrons. The summed E-state index contributed by atoms with van der Waals surface area (Å²) in [4.78, 5) is 13.1. The molecule has 86 valence electrons. The van der Waals surface area contributed by atoms with Crippen molar-refractivity contribution < 1.29 is 4.79 Å². The lowest BCUT2D eigenvalue weighted by molar-refractivity contribution is 0.112. The Morgan fingerprint density at radius 1 is 1.00 bits per heavy atom. The number of hydrogen-bond acceptors (Lipinski definition) is 2. The average Bonchev–Trinajstić information content (AvgIpc) is 2.38. The normalized spacial score (nSPS) is 10.0. The molecule has 2 aromatic rings. The number of anilines is 2. The minimum atomic E-state index is 0.719. The highest BCUT2D eigenvalue weighted by Gasteiger charge is 2.10. The van der Waals surface area contributed by atoms with Crippen molar-refractivity contribution in [1.82, 2.24) is 0 Å². The van der Waals surface area contributed by atoms with Gasteiger partial charge in [-0.2, -0.15) is 0 Å². The van der Waals surface area contributed by atoms with Gasteiger partial charge in [0.15, 0.2) is 6.29 Å². The Kier molecular flexibility index (Phi) is 3.24. The van der Waals surface area contributed by atoms with Crippen LogP contribution in [0.1, 0.15) is 15.9 Å². The summed E-state index contributed by atoms with van der Waals surface area (Å²) in [7, 11) is 1.98. The van der Waals surface area contributed by atoms with Crippen molar-refractivity contribution in [3.05, 3.63) is 59.7 Å². The summed E-state index contributed by atoms with van der Waals surface area (Å²) in [6, 6.07) is 15.8. The van der Waals surface area contributed by atoms with Crippen LogP contribution in [0, 0.1) is 6.92 Å². The molecule has 2 nitrogen and oxygen atoms in total. The van der Waals surface area contributed by atoms with Crippen LogP contribution in [0.15, 0.2) is 48.5 Å². The molecule has 2 aromatic carbocycles. The van der Waals surface area contributed by atoms with Crippen LogP contribution in [0.5, 0.6) is 0 Å². The first-order valence-corrected chi connectivity index (χ1v) is 5.57. The lowest BCUT2D eigenvalue weighted by Gasteiger charge is -2.23. The number of benzene rings is 2. The molecular formula is C15H15NO. The topological polar surface area (TPSA) is 20.3 Å². The molecule has 0 bridgehead atoms. The van der Waals surface area contributed by atoms with E-state index in [0.717, 1.165) is 28.8 Å². The van der Waals surface area contributed by atoms with Crippen LogP contribution >= 0.6 is 0 Å². The van der Waals surface area contributed by atoms with E-state index in [2.05, 4.69) is 0 Å². The average molecular weight is 225 g/mol. The zero-order valence-corrected chi connectivity index (χ0v) is 10.1. The number of aldehydes is 1. The Morgan fingerprint density at radius 2 is 1.71 bits per heavy atom. The van der Waals surface area contributed by atoms with Crippen LogP contribution in [0.3, 0.4) is 0 Å². The number of hydrogen-bond donors (Lipinski definition) is 0. The summed E-state index contributed by atoms with van der Waals surface area (Å²) < 4.78 is 0. The third kappa shape index (κ3) is 2.21. The zero-order chi connectivity index (χ0) is 12.3. The second kappa shape index (κ2) is 4.83. The number of carbonyl (C=O) groups is 1. The van der Waals surface area contributed by atoms with Gasteiger partial charge in [0.25, 0.3) is 0 Å². The van der Waals surface area contributed by atoms with Crippen LogP contribution in [0.25, 0.3) is 0 Å². The van der Waals surface area contributed by atoms with Gasteiger partial charge >= 0.3 is 0 Å². The summed E-state index contributed by atoms with van der Waals surface area (Å²) in [5, 5.41) is 0. The van der Waals surface area contributed by atoms with Crippen LogP contribution in [0.2, 0.25) is 0 Å². The summed E-state index contributed by atoms with van der Waals surface area (Å²) in [6.45, 7) is 2.02. The van der Waals surface area contributed by atoms with Gasteiger partial charge in [-0.25, -0.2) is 0 Å². The van der Waals surface area contributed by atoms with Crippen molar-refractivity contribution >= 4 is 17.7 Å². The first-order valence-electron chi connectivity index (χ1n) is 5.57. The van der Waals surface area contributed by atoms with Crippen molar-refractivity contribution in [1.29, 1.82) is 0 Å². The van der Waals surface area contributed by atoms with Crippen LogP contribution < -0.4 is 4.90 Å². The highest BCUT2D eigenvalue weighted by atomic mass is 16.1. The van der Waals surface area contributed by atoms with Gasteiger partial charge in [-0.1, -0.05) is 30.3 Å². The lowest BCUT2D eigenvalue weighted by Crippen LogP contribution is -2.13. The molecule has 0 N–H and O–H groups in total. The maximum absolute atomic E-state index is 11.1. The fourth-order valence-corrected chi connectivity index (χ4v) is 2.02. The molecular weight excluding hydrogens is 210 g/mol. The van der Waals surface area contributed by atoms with Gasteiger partial charge < -0.3 is 4.90 Å². The molecule has 0 fully saturated rings. The summed E-state index contributed by atoms with van der Waals surface area (Å²) in [5.41, 5.74) is 3.86. The van der Waals surface area contributed by atoms with Gasteiger partial charge in [0.1, 0.15) is 0 Å². The molecule has 0 heterocycles. The van der Waals surface area contributed by atoms with E-state index in [1.54, 1.807) is 0 Å². The molecule has 0 aliphatic rings. The lowest BCUT2D eigenvalue weighted by atomic mass is 10.1. The van der Waals surface area contributed by atoms with Gasteiger partial charge in [-0.05, 0) is 30.7 Å². The van der Waals surface area contributed by atoms with Crippen molar-refractivity contribution in [2.75, 3.05) is 11.9 Å². The molecule has 0 spiro atoms. The molecule has 2 heteroatoms. The number of nitrogens with zero attached hydrogens (tertiary/aromatic N) is 1. The molecule has 2 rings (SSSR count). The van der Waals surface area contributed by atoms with E-state index in [0.29, 0.717) is 0 Å². The molecule has 0 aliphatic carbocycles. The Bertz CT molecular complexity index is 520. The maximum Gasteiger partial charge on any atom is 0.152 e. The van der Waals surface area contributed by atoms with Gasteiger partial charge in [0.05, 0.1) is 5.69 Å². The first-order chi connectivity index (χ1) is 8.24. The highest BCUT2D eigenvalue weighted by molar-refractivity contribution is 5.88. The van der Waals surface area contributed by atoms with E-state index in [-0.39, 0.29) is 0 Å². The van der Waals surface area contributed by atoms with Crippen molar-refractivity contribution in [2.45, 2.75) is 6.92 Å². The monoisotopic (exact) mass is 225 g/mol. The molecule has 0 unspecified atom stereocenters. The SMILES string of the molecule is Cc1cccc(C=O)c1N(C)c1ccccc1. The Morgan fingerprint density at radius 3 is 2.35 bits per heavy atom. The summed E-state index contributed by atoms with van der Waals surface area (Å²) in [6.07, 6.45) is 0.905. The Hall–Kier alpha value is -2.09. The maximum atomic E-state index is 11.1. The third-order valence-electron chi connectivity index (χ3n) is 2.87. The smallest absolute Gasteiger partial charge is 0.152 e. The summed E-state index contributed by atoms with van der Waals surface area (Å²) in [5.74, 6) is 0. The van der Waals surface area contributed by atoms with Crippen molar-refractivity contribution in [3.63, 3.8) is 0 Å². The summed E-state index contributed by atoms with van der Waals surface area (Å²) >= 11 is 0. The van der Waals surface area contributed by atoms with Crippen LogP contribution in [0.4, 0.5) is 11.4 Å². The molecule has 0 aromatic heterocycles. The molecule has 0 atom stereocenters.